The number of carbonyl (C=O) groups excluding carboxylic acids is 2. The Bertz CT molecular complexity index is 1480. The van der Waals surface area contributed by atoms with Gasteiger partial charge in [-0.15, -0.1) is 5.10 Å². The number of halogens is 2. The largest absolute Gasteiger partial charge is 0.381 e. The van der Waals surface area contributed by atoms with Gasteiger partial charge >= 0.3 is 0 Å². The zero-order valence-electron chi connectivity index (χ0n) is 19.2. The van der Waals surface area contributed by atoms with Crippen molar-refractivity contribution in [1.29, 1.82) is 0 Å². The van der Waals surface area contributed by atoms with E-state index in [-0.39, 0.29) is 28.0 Å². The second kappa shape index (κ2) is 9.47. The lowest BCUT2D eigenvalue weighted by atomic mass is 10.1. The van der Waals surface area contributed by atoms with E-state index >= 15 is 0 Å². The molecule has 2 amide bonds. The van der Waals surface area contributed by atoms with Gasteiger partial charge in [-0.25, -0.2) is 13.9 Å². The SMILES string of the molecule is CN1CCN(C(=O)c2cnc(-c3ccncc3NC(=O)c3c(N)nn4cc(F)cnc34)c(Cl)c2)CC1. The van der Waals surface area contributed by atoms with Gasteiger partial charge in [0, 0.05) is 44.1 Å². The molecular weight excluding hydrogens is 489 g/mol. The third-order valence-corrected chi connectivity index (χ3v) is 6.19. The zero-order chi connectivity index (χ0) is 25.4. The molecule has 4 aromatic heterocycles. The van der Waals surface area contributed by atoms with Crippen LogP contribution < -0.4 is 11.1 Å². The van der Waals surface area contributed by atoms with Crippen molar-refractivity contribution in [1.82, 2.24) is 34.4 Å². The van der Waals surface area contributed by atoms with Gasteiger partial charge in [0.2, 0.25) is 0 Å². The maximum atomic E-state index is 13.5. The van der Waals surface area contributed by atoms with Crippen LogP contribution in [0.5, 0.6) is 0 Å². The van der Waals surface area contributed by atoms with E-state index in [1.807, 2.05) is 7.05 Å². The highest BCUT2D eigenvalue weighted by Gasteiger charge is 2.24. The molecule has 0 aliphatic carbocycles. The first kappa shape index (κ1) is 23.6. The van der Waals surface area contributed by atoms with E-state index in [0.717, 1.165) is 30.0 Å². The van der Waals surface area contributed by atoms with Gasteiger partial charge in [0.25, 0.3) is 11.8 Å². The number of pyridine rings is 2. The molecule has 1 aliphatic heterocycles. The van der Waals surface area contributed by atoms with Crippen molar-refractivity contribution in [3.63, 3.8) is 0 Å². The third-order valence-electron chi connectivity index (χ3n) is 5.90. The van der Waals surface area contributed by atoms with Crippen LogP contribution in [0.1, 0.15) is 20.7 Å². The Hall–Kier alpha value is -4.16. The number of nitrogen functional groups attached to an aromatic ring is 1. The lowest BCUT2D eigenvalue weighted by Gasteiger charge is -2.32. The maximum Gasteiger partial charge on any atom is 0.263 e. The maximum absolute atomic E-state index is 13.5. The minimum absolute atomic E-state index is 0.0167. The Kier molecular flexibility index (Phi) is 6.20. The third kappa shape index (κ3) is 4.43. The summed E-state index contributed by atoms with van der Waals surface area (Å²) < 4.78 is 14.6. The van der Waals surface area contributed by atoms with Crippen molar-refractivity contribution < 1.29 is 14.0 Å². The number of nitrogens with one attached hydrogen (secondary N) is 1. The summed E-state index contributed by atoms with van der Waals surface area (Å²) in [6.07, 6.45) is 6.47. The van der Waals surface area contributed by atoms with Crippen LogP contribution in [0.2, 0.25) is 5.02 Å². The van der Waals surface area contributed by atoms with Crippen molar-refractivity contribution in [3.8, 4) is 11.3 Å². The fourth-order valence-corrected chi connectivity index (χ4v) is 4.25. The van der Waals surface area contributed by atoms with Crippen LogP contribution >= 0.6 is 11.6 Å². The molecule has 1 fully saturated rings. The molecular formula is C23H21ClFN9O2. The molecule has 0 atom stereocenters. The van der Waals surface area contributed by atoms with Crippen molar-refractivity contribution in [2.45, 2.75) is 0 Å². The smallest absolute Gasteiger partial charge is 0.263 e. The molecule has 36 heavy (non-hydrogen) atoms. The molecule has 1 aliphatic rings. The number of anilines is 2. The number of amides is 2. The summed E-state index contributed by atoms with van der Waals surface area (Å²) in [7, 11) is 2.01. The molecule has 0 saturated carbocycles. The molecule has 3 N–H and O–H groups in total. The van der Waals surface area contributed by atoms with Crippen molar-refractivity contribution in [2.24, 2.45) is 0 Å². The quantitative estimate of drug-likeness (QED) is 0.427. The van der Waals surface area contributed by atoms with Crippen molar-refractivity contribution in [2.75, 3.05) is 44.3 Å². The molecule has 0 aromatic carbocycles. The topological polar surface area (TPSA) is 135 Å². The Morgan fingerprint density at radius 3 is 2.67 bits per heavy atom. The Morgan fingerprint density at radius 1 is 1.14 bits per heavy atom. The average molecular weight is 510 g/mol. The summed E-state index contributed by atoms with van der Waals surface area (Å²) in [6, 6.07) is 3.21. The molecule has 11 nitrogen and oxygen atoms in total. The Labute approximate surface area is 209 Å². The number of aromatic nitrogens is 5. The summed E-state index contributed by atoms with van der Waals surface area (Å²) in [5.74, 6) is -1.49. The highest BCUT2D eigenvalue weighted by Crippen LogP contribution is 2.32. The first-order valence-electron chi connectivity index (χ1n) is 11.0. The van der Waals surface area contributed by atoms with Crippen LogP contribution in [-0.4, -0.2) is 79.4 Å². The van der Waals surface area contributed by atoms with E-state index in [0.29, 0.717) is 35.6 Å². The number of carbonyl (C=O) groups is 2. The van der Waals surface area contributed by atoms with Gasteiger partial charge in [-0.2, -0.15) is 0 Å². The standard InChI is InChI=1S/C23H21ClFN9O2/c1-32-4-6-33(7-5-32)23(36)13-8-16(24)19(28-9-13)15-2-3-27-11-17(15)30-22(35)18-20(26)31-34-12-14(25)10-29-21(18)34/h2-3,8-12H,4-7H2,1H3,(H2,26,31)(H,30,35). The molecule has 0 bridgehead atoms. The van der Waals surface area contributed by atoms with Crippen molar-refractivity contribution in [3.05, 3.63) is 65.1 Å². The molecule has 13 heteroatoms. The average Bonchev–Trinajstić information content (AvgIpc) is 3.19. The summed E-state index contributed by atoms with van der Waals surface area (Å²) in [6.45, 7) is 2.85. The fraction of sp³-hybridized carbons (Fsp3) is 0.217. The molecule has 5 rings (SSSR count). The Morgan fingerprint density at radius 2 is 1.92 bits per heavy atom. The zero-order valence-corrected chi connectivity index (χ0v) is 19.9. The van der Waals surface area contributed by atoms with E-state index in [1.54, 1.807) is 17.0 Å². The van der Waals surface area contributed by atoms with E-state index < -0.39 is 11.7 Å². The second-order valence-electron chi connectivity index (χ2n) is 8.33. The highest BCUT2D eigenvalue weighted by molar-refractivity contribution is 6.33. The van der Waals surface area contributed by atoms with Crippen molar-refractivity contribution >= 4 is 40.6 Å². The van der Waals surface area contributed by atoms with Gasteiger partial charge in [-0.05, 0) is 19.2 Å². The summed E-state index contributed by atoms with van der Waals surface area (Å²) in [5.41, 5.74) is 7.51. The number of hydrogen-bond donors (Lipinski definition) is 2. The first-order valence-corrected chi connectivity index (χ1v) is 11.4. The summed E-state index contributed by atoms with van der Waals surface area (Å²) in [5, 5.41) is 6.92. The van der Waals surface area contributed by atoms with Crippen LogP contribution in [0.15, 0.2) is 43.1 Å². The van der Waals surface area contributed by atoms with Gasteiger partial charge in [0.15, 0.2) is 17.3 Å². The monoisotopic (exact) mass is 509 g/mol. The molecule has 5 heterocycles. The molecule has 0 radical (unpaired) electrons. The number of likely N-dealkylation sites (N-methyl/N-ethyl adjacent to an activating group) is 1. The fourth-order valence-electron chi connectivity index (χ4n) is 3.98. The van der Waals surface area contributed by atoms with Crippen LogP contribution in [0.4, 0.5) is 15.9 Å². The van der Waals surface area contributed by atoms with Gasteiger partial charge in [-0.3, -0.25) is 19.6 Å². The minimum Gasteiger partial charge on any atom is -0.381 e. The number of rotatable bonds is 4. The number of fused-ring (bicyclic) bond motifs is 1. The Balaban J connectivity index is 1.42. The van der Waals surface area contributed by atoms with Crippen LogP contribution in [-0.2, 0) is 0 Å². The van der Waals surface area contributed by atoms with E-state index in [4.69, 9.17) is 17.3 Å². The van der Waals surface area contributed by atoms with Gasteiger partial charge in [-0.1, -0.05) is 11.6 Å². The lowest BCUT2D eigenvalue weighted by Crippen LogP contribution is -2.47. The van der Waals surface area contributed by atoms with E-state index in [9.17, 15) is 14.0 Å². The molecule has 184 valence electrons. The van der Waals surface area contributed by atoms with E-state index in [2.05, 4.69) is 30.3 Å². The van der Waals surface area contributed by atoms with Crippen LogP contribution in [0, 0.1) is 5.82 Å². The van der Waals surface area contributed by atoms with Gasteiger partial charge < -0.3 is 20.9 Å². The number of piperazine rings is 1. The lowest BCUT2D eigenvalue weighted by molar-refractivity contribution is 0.0663. The molecule has 0 spiro atoms. The molecule has 4 aromatic rings. The number of hydrogen-bond acceptors (Lipinski definition) is 8. The highest BCUT2D eigenvalue weighted by atomic mass is 35.5. The molecule has 1 saturated heterocycles. The van der Waals surface area contributed by atoms with Crippen LogP contribution in [0.3, 0.4) is 0 Å². The van der Waals surface area contributed by atoms with Gasteiger partial charge in [0.05, 0.1) is 40.6 Å². The van der Waals surface area contributed by atoms with Gasteiger partial charge in [0.1, 0.15) is 5.56 Å². The normalized spacial score (nSPS) is 14.2. The van der Waals surface area contributed by atoms with E-state index in [1.165, 1.54) is 18.6 Å². The van der Waals surface area contributed by atoms with Crippen LogP contribution in [0.25, 0.3) is 16.9 Å². The predicted molar refractivity (Wildman–Crippen MR) is 131 cm³/mol. The number of nitrogens with two attached hydrogens (primary N) is 1. The summed E-state index contributed by atoms with van der Waals surface area (Å²) in [4.78, 5) is 42.3. The molecule has 0 unspecified atom stereocenters. The number of nitrogens with zero attached hydrogens (tertiary/aromatic N) is 7. The minimum atomic E-state index is -0.623. The first-order chi connectivity index (χ1) is 17.3. The predicted octanol–water partition coefficient (Wildman–Crippen LogP) is 2.20. The second-order valence-corrected chi connectivity index (χ2v) is 8.73. The summed E-state index contributed by atoms with van der Waals surface area (Å²) >= 11 is 6.54.